The molecule has 1 aromatic carbocycles. The van der Waals surface area contributed by atoms with Gasteiger partial charge in [-0.15, -0.1) is 0 Å². The fourth-order valence-electron chi connectivity index (χ4n) is 2.23. The number of ether oxygens (including phenoxy) is 1. The summed E-state index contributed by atoms with van der Waals surface area (Å²) in [5.41, 5.74) is 0.398. The van der Waals surface area contributed by atoms with Crippen molar-refractivity contribution in [3.05, 3.63) is 28.8 Å². The predicted octanol–water partition coefficient (Wildman–Crippen LogP) is 1.68. The van der Waals surface area contributed by atoms with E-state index in [1.165, 1.54) is 18.2 Å². The highest BCUT2D eigenvalue weighted by molar-refractivity contribution is 7.89. The molecular weight excluding hydrogens is 302 g/mol. The van der Waals surface area contributed by atoms with E-state index < -0.39 is 10.0 Å². The maximum absolute atomic E-state index is 12.3. The number of sulfonamides is 1. The van der Waals surface area contributed by atoms with E-state index in [1.54, 1.807) is 0 Å². The molecule has 2 N–H and O–H groups in total. The minimum absolute atomic E-state index is 0.0506. The molecule has 1 heterocycles. The van der Waals surface area contributed by atoms with Crippen molar-refractivity contribution >= 4 is 21.6 Å². The SMILES string of the molecule is CC1CC(NS(=O)(=O)c2ccc(Cl)c(CO)c2)CCO1. The quantitative estimate of drug-likeness (QED) is 0.885. The van der Waals surface area contributed by atoms with Crippen LogP contribution in [0, 0.1) is 0 Å². The molecule has 20 heavy (non-hydrogen) atoms. The smallest absolute Gasteiger partial charge is 0.240 e. The Kier molecular flexibility index (Phi) is 5.04. The maximum atomic E-state index is 12.3. The molecule has 1 aromatic rings. The number of halogens is 1. The summed E-state index contributed by atoms with van der Waals surface area (Å²) >= 11 is 5.87. The van der Waals surface area contributed by atoms with E-state index in [0.717, 1.165) is 0 Å². The van der Waals surface area contributed by atoms with E-state index in [9.17, 15) is 8.42 Å². The van der Waals surface area contributed by atoms with Crippen LogP contribution in [0.3, 0.4) is 0 Å². The first-order chi connectivity index (χ1) is 9.42. The summed E-state index contributed by atoms with van der Waals surface area (Å²) < 4.78 is 32.7. The van der Waals surface area contributed by atoms with Crippen molar-refractivity contribution in [1.29, 1.82) is 0 Å². The zero-order valence-corrected chi connectivity index (χ0v) is 12.7. The van der Waals surface area contributed by atoms with Gasteiger partial charge in [0, 0.05) is 17.7 Å². The summed E-state index contributed by atoms with van der Waals surface area (Å²) in [5.74, 6) is 0. The molecule has 1 saturated heterocycles. The van der Waals surface area contributed by atoms with E-state index in [-0.39, 0.29) is 23.6 Å². The lowest BCUT2D eigenvalue weighted by molar-refractivity contribution is 0.0173. The van der Waals surface area contributed by atoms with E-state index in [4.69, 9.17) is 21.4 Å². The van der Waals surface area contributed by atoms with Crippen LogP contribution in [0.25, 0.3) is 0 Å². The number of aliphatic hydroxyl groups is 1. The minimum Gasteiger partial charge on any atom is -0.392 e. The summed E-state index contributed by atoms with van der Waals surface area (Å²) in [6, 6.07) is 4.19. The third kappa shape index (κ3) is 3.71. The lowest BCUT2D eigenvalue weighted by Gasteiger charge is -2.27. The Morgan fingerprint density at radius 2 is 2.25 bits per heavy atom. The number of aliphatic hydroxyl groups excluding tert-OH is 1. The van der Waals surface area contributed by atoms with Gasteiger partial charge in [-0.2, -0.15) is 0 Å². The van der Waals surface area contributed by atoms with Crippen molar-refractivity contribution in [2.24, 2.45) is 0 Å². The Morgan fingerprint density at radius 1 is 1.50 bits per heavy atom. The van der Waals surface area contributed by atoms with Gasteiger partial charge in [0.25, 0.3) is 0 Å². The highest BCUT2D eigenvalue weighted by Gasteiger charge is 2.25. The van der Waals surface area contributed by atoms with E-state index >= 15 is 0 Å². The molecule has 2 rings (SSSR count). The first-order valence-electron chi connectivity index (χ1n) is 6.45. The number of hydrogen-bond acceptors (Lipinski definition) is 4. The first-order valence-corrected chi connectivity index (χ1v) is 8.31. The van der Waals surface area contributed by atoms with Crippen LogP contribution in [0.2, 0.25) is 5.02 Å². The van der Waals surface area contributed by atoms with Gasteiger partial charge in [-0.3, -0.25) is 0 Å². The van der Waals surface area contributed by atoms with Gasteiger partial charge in [0.15, 0.2) is 0 Å². The second kappa shape index (κ2) is 6.41. The molecule has 1 fully saturated rings. The van der Waals surface area contributed by atoms with Crippen molar-refractivity contribution < 1.29 is 18.3 Å². The highest BCUT2D eigenvalue weighted by atomic mass is 35.5. The van der Waals surface area contributed by atoms with Crippen molar-refractivity contribution in [1.82, 2.24) is 4.72 Å². The molecule has 0 aliphatic carbocycles. The number of benzene rings is 1. The van der Waals surface area contributed by atoms with Gasteiger partial charge in [0.1, 0.15) is 0 Å². The van der Waals surface area contributed by atoms with Gasteiger partial charge in [-0.1, -0.05) is 11.6 Å². The Balaban J connectivity index is 2.17. The van der Waals surface area contributed by atoms with E-state index in [2.05, 4.69) is 4.72 Å². The van der Waals surface area contributed by atoms with Gasteiger partial charge in [-0.25, -0.2) is 13.1 Å². The first kappa shape index (κ1) is 15.7. The Labute approximate surface area is 124 Å². The average molecular weight is 320 g/mol. The monoisotopic (exact) mass is 319 g/mol. The molecule has 0 bridgehead atoms. The van der Waals surface area contributed by atoms with Gasteiger partial charge >= 0.3 is 0 Å². The molecule has 7 heteroatoms. The minimum atomic E-state index is -3.61. The fraction of sp³-hybridized carbons (Fsp3) is 0.538. The molecule has 2 atom stereocenters. The molecule has 112 valence electrons. The average Bonchev–Trinajstić information content (AvgIpc) is 2.38. The molecule has 5 nitrogen and oxygen atoms in total. The standard InChI is InChI=1S/C13H18ClNO4S/c1-9-6-11(4-5-19-9)15-20(17,18)12-2-3-13(14)10(7-12)8-16/h2-3,7,9,11,15-16H,4-6,8H2,1H3. The summed E-state index contributed by atoms with van der Waals surface area (Å²) in [6.45, 7) is 2.18. The molecule has 0 saturated carbocycles. The zero-order chi connectivity index (χ0) is 14.8. The van der Waals surface area contributed by atoms with Crippen LogP contribution < -0.4 is 4.72 Å². The van der Waals surface area contributed by atoms with Crippen LogP contribution >= 0.6 is 11.6 Å². The number of nitrogens with one attached hydrogen (secondary N) is 1. The summed E-state index contributed by atoms with van der Waals surface area (Å²) in [4.78, 5) is 0.116. The molecule has 0 spiro atoms. The van der Waals surface area contributed by atoms with Crippen molar-refractivity contribution in [2.45, 2.75) is 43.4 Å². The van der Waals surface area contributed by atoms with Crippen LogP contribution in [0.1, 0.15) is 25.3 Å². The molecule has 0 aromatic heterocycles. The zero-order valence-electron chi connectivity index (χ0n) is 11.2. The molecule has 2 unspecified atom stereocenters. The normalized spacial score (nSPS) is 23.8. The Hall–Kier alpha value is -0.660. The largest absolute Gasteiger partial charge is 0.392 e. The predicted molar refractivity (Wildman–Crippen MR) is 76.1 cm³/mol. The van der Waals surface area contributed by atoms with Crippen molar-refractivity contribution in [2.75, 3.05) is 6.61 Å². The van der Waals surface area contributed by atoms with Crippen LogP contribution in [0.15, 0.2) is 23.1 Å². The van der Waals surface area contributed by atoms with Crippen LogP contribution in [0.4, 0.5) is 0 Å². The lowest BCUT2D eigenvalue weighted by Crippen LogP contribution is -2.41. The summed E-state index contributed by atoms with van der Waals surface area (Å²) in [5, 5.41) is 9.50. The highest BCUT2D eigenvalue weighted by Crippen LogP contribution is 2.22. The second-order valence-electron chi connectivity index (χ2n) is 4.94. The maximum Gasteiger partial charge on any atom is 0.240 e. The van der Waals surface area contributed by atoms with Gasteiger partial charge in [0.2, 0.25) is 10.0 Å². The fourth-order valence-corrected chi connectivity index (χ4v) is 3.74. The molecule has 1 aliphatic rings. The lowest BCUT2D eigenvalue weighted by atomic mass is 10.1. The van der Waals surface area contributed by atoms with Gasteiger partial charge in [0.05, 0.1) is 17.6 Å². The Bertz CT molecular complexity index is 576. The number of hydrogen-bond donors (Lipinski definition) is 2. The summed E-state index contributed by atoms with van der Waals surface area (Å²) in [6.07, 6.45) is 1.36. The topological polar surface area (TPSA) is 75.6 Å². The van der Waals surface area contributed by atoms with Crippen molar-refractivity contribution in [3.8, 4) is 0 Å². The van der Waals surface area contributed by atoms with Crippen LogP contribution in [-0.4, -0.2) is 32.3 Å². The van der Waals surface area contributed by atoms with Crippen LogP contribution in [0.5, 0.6) is 0 Å². The third-order valence-electron chi connectivity index (χ3n) is 3.30. The van der Waals surface area contributed by atoms with Crippen molar-refractivity contribution in [3.63, 3.8) is 0 Å². The van der Waals surface area contributed by atoms with E-state index in [0.29, 0.717) is 30.0 Å². The second-order valence-corrected chi connectivity index (χ2v) is 7.06. The molecular formula is C13H18ClNO4S. The Morgan fingerprint density at radius 3 is 2.90 bits per heavy atom. The molecule has 0 amide bonds. The number of rotatable bonds is 4. The van der Waals surface area contributed by atoms with E-state index in [1.807, 2.05) is 6.92 Å². The molecule has 1 aliphatic heterocycles. The van der Waals surface area contributed by atoms with Crippen LogP contribution in [-0.2, 0) is 21.4 Å². The van der Waals surface area contributed by atoms with Gasteiger partial charge in [-0.05, 0) is 43.5 Å². The van der Waals surface area contributed by atoms with Gasteiger partial charge < -0.3 is 9.84 Å². The third-order valence-corrected chi connectivity index (χ3v) is 5.19. The molecule has 0 radical (unpaired) electrons. The summed E-state index contributed by atoms with van der Waals surface area (Å²) in [7, 11) is -3.61.